The molecule has 3 aromatic rings. The van der Waals surface area contributed by atoms with Gasteiger partial charge < -0.3 is 5.73 Å². The van der Waals surface area contributed by atoms with Crippen LogP contribution < -0.4 is 11.3 Å². The molecule has 0 bridgehead atoms. The smallest absolute Gasteiger partial charge is 0.270 e. The third-order valence-electron chi connectivity index (χ3n) is 3.84. The van der Waals surface area contributed by atoms with Crippen molar-refractivity contribution in [2.24, 2.45) is 5.73 Å². The predicted octanol–water partition coefficient (Wildman–Crippen LogP) is 1.92. The summed E-state index contributed by atoms with van der Waals surface area (Å²) in [4.78, 5) is 32.3. The molecule has 0 aliphatic heterocycles. The second-order valence-corrected chi connectivity index (χ2v) is 6.06. The zero-order valence-electron chi connectivity index (χ0n) is 14.7. The molecular formula is C19H16N6O2. The first-order valence-electron chi connectivity index (χ1n) is 8.20. The molecule has 27 heavy (non-hydrogen) atoms. The van der Waals surface area contributed by atoms with Crippen molar-refractivity contribution in [3.8, 4) is 28.7 Å². The lowest BCUT2D eigenvalue weighted by molar-refractivity contribution is 0.0995. The lowest BCUT2D eigenvalue weighted by Crippen LogP contribution is -2.24. The second-order valence-electron chi connectivity index (χ2n) is 6.06. The molecule has 1 aromatic carbocycles. The summed E-state index contributed by atoms with van der Waals surface area (Å²) < 4.78 is 1.31. The number of hydrogen-bond acceptors (Lipinski definition) is 6. The fourth-order valence-corrected chi connectivity index (χ4v) is 2.58. The molecular weight excluding hydrogens is 344 g/mol. The Bertz CT molecular complexity index is 1110. The molecule has 8 heteroatoms. The Kier molecular flexibility index (Phi) is 4.77. The van der Waals surface area contributed by atoms with Crippen molar-refractivity contribution in [2.45, 2.75) is 19.9 Å². The van der Waals surface area contributed by atoms with Crippen LogP contribution in [0, 0.1) is 11.3 Å². The van der Waals surface area contributed by atoms with Gasteiger partial charge in [-0.05, 0) is 19.9 Å². The number of primary amides is 1. The first kappa shape index (κ1) is 17.9. The molecule has 3 rings (SSSR count). The van der Waals surface area contributed by atoms with Crippen molar-refractivity contribution in [3.63, 3.8) is 0 Å². The van der Waals surface area contributed by atoms with Gasteiger partial charge in [0.05, 0.1) is 11.7 Å². The lowest BCUT2D eigenvalue weighted by atomic mass is 10.1. The Morgan fingerprint density at radius 3 is 2.41 bits per heavy atom. The van der Waals surface area contributed by atoms with E-state index in [0.717, 1.165) is 0 Å². The minimum absolute atomic E-state index is 0.165. The summed E-state index contributed by atoms with van der Waals surface area (Å²) in [6.45, 7) is 3.66. The number of nitrogens with zero attached hydrogens (tertiary/aromatic N) is 5. The minimum Gasteiger partial charge on any atom is -0.364 e. The van der Waals surface area contributed by atoms with Crippen LogP contribution in [-0.2, 0) is 0 Å². The van der Waals surface area contributed by atoms with E-state index in [0.29, 0.717) is 17.0 Å². The summed E-state index contributed by atoms with van der Waals surface area (Å²) in [7, 11) is 0. The third-order valence-corrected chi connectivity index (χ3v) is 3.84. The van der Waals surface area contributed by atoms with Gasteiger partial charge >= 0.3 is 0 Å². The summed E-state index contributed by atoms with van der Waals surface area (Å²) in [6, 6.07) is 13.7. The molecule has 2 aromatic heterocycles. The molecule has 1 amide bonds. The van der Waals surface area contributed by atoms with E-state index in [-0.39, 0.29) is 28.7 Å². The zero-order chi connectivity index (χ0) is 19.6. The normalized spacial score (nSPS) is 10.6. The monoisotopic (exact) mass is 360 g/mol. The van der Waals surface area contributed by atoms with Crippen molar-refractivity contribution in [3.05, 3.63) is 64.2 Å². The molecule has 0 saturated heterocycles. The number of benzene rings is 1. The van der Waals surface area contributed by atoms with Crippen LogP contribution in [0.25, 0.3) is 22.6 Å². The molecule has 2 heterocycles. The van der Waals surface area contributed by atoms with Gasteiger partial charge in [-0.2, -0.15) is 10.4 Å². The SMILES string of the molecule is CC(C)n1nc(-c2nc(C(N)=O)c(C#N)nc2-c2ccccc2)ccc1=O. The molecule has 0 saturated carbocycles. The van der Waals surface area contributed by atoms with Gasteiger partial charge in [-0.1, -0.05) is 30.3 Å². The molecule has 0 radical (unpaired) electrons. The highest BCUT2D eigenvalue weighted by atomic mass is 16.1. The quantitative estimate of drug-likeness (QED) is 0.757. The van der Waals surface area contributed by atoms with Crippen LogP contribution in [0.4, 0.5) is 0 Å². The summed E-state index contributed by atoms with van der Waals surface area (Å²) in [6.07, 6.45) is 0. The van der Waals surface area contributed by atoms with Crippen LogP contribution in [0.15, 0.2) is 47.3 Å². The van der Waals surface area contributed by atoms with Gasteiger partial charge in [0.15, 0.2) is 11.4 Å². The van der Waals surface area contributed by atoms with Crippen LogP contribution in [0.5, 0.6) is 0 Å². The minimum atomic E-state index is -0.864. The van der Waals surface area contributed by atoms with Crippen LogP contribution in [0.2, 0.25) is 0 Å². The van der Waals surface area contributed by atoms with Crippen LogP contribution in [0.1, 0.15) is 36.1 Å². The predicted molar refractivity (Wildman–Crippen MR) is 98.6 cm³/mol. The Labute approximate surface area is 154 Å². The van der Waals surface area contributed by atoms with Crippen molar-refractivity contribution in [1.29, 1.82) is 5.26 Å². The molecule has 0 aliphatic rings. The van der Waals surface area contributed by atoms with E-state index in [9.17, 15) is 14.9 Å². The lowest BCUT2D eigenvalue weighted by Gasteiger charge is -2.13. The largest absolute Gasteiger partial charge is 0.364 e. The number of carbonyl (C=O) groups is 1. The maximum absolute atomic E-state index is 12.0. The molecule has 134 valence electrons. The first-order valence-corrected chi connectivity index (χ1v) is 8.20. The number of hydrogen-bond donors (Lipinski definition) is 1. The molecule has 0 fully saturated rings. The maximum Gasteiger partial charge on any atom is 0.270 e. The molecule has 0 spiro atoms. The molecule has 0 aliphatic carbocycles. The van der Waals surface area contributed by atoms with E-state index in [1.165, 1.54) is 16.8 Å². The Hall–Kier alpha value is -3.86. The average molecular weight is 360 g/mol. The number of carbonyl (C=O) groups excluding carboxylic acids is 1. The average Bonchev–Trinajstić information content (AvgIpc) is 2.67. The highest BCUT2D eigenvalue weighted by Gasteiger charge is 2.21. The van der Waals surface area contributed by atoms with E-state index in [1.54, 1.807) is 12.1 Å². The number of nitriles is 1. The van der Waals surface area contributed by atoms with E-state index in [2.05, 4.69) is 15.1 Å². The van der Waals surface area contributed by atoms with Gasteiger partial charge in [0.1, 0.15) is 17.5 Å². The summed E-state index contributed by atoms with van der Waals surface area (Å²) in [5.41, 5.74) is 6.38. The Balaban J connectivity index is 2.36. The summed E-state index contributed by atoms with van der Waals surface area (Å²) in [5.74, 6) is -0.864. The van der Waals surface area contributed by atoms with E-state index in [1.807, 2.05) is 38.1 Å². The molecule has 0 atom stereocenters. The standard InChI is InChI=1S/C19H16N6O2/c1-11(2)25-15(26)9-8-13(24-25)17-16(12-6-4-3-5-7-12)22-14(10-20)18(23-17)19(21)27/h3-9,11H,1-2H3,(H2,21,27). The van der Waals surface area contributed by atoms with Gasteiger partial charge in [-0.25, -0.2) is 14.6 Å². The fraction of sp³-hybridized carbons (Fsp3) is 0.158. The van der Waals surface area contributed by atoms with Gasteiger partial charge in [0, 0.05) is 11.6 Å². The number of rotatable bonds is 4. The summed E-state index contributed by atoms with van der Waals surface area (Å²) >= 11 is 0. The summed E-state index contributed by atoms with van der Waals surface area (Å²) in [5, 5.41) is 13.7. The maximum atomic E-state index is 12.0. The fourth-order valence-electron chi connectivity index (χ4n) is 2.58. The highest BCUT2D eigenvalue weighted by molar-refractivity contribution is 5.94. The van der Waals surface area contributed by atoms with Gasteiger partial charge in [0.25, 0.3) is 11.5 Å². The zero-order valence-corrected chi connectivity index (χ0v) is 14.7. The molecule has 0 unspecified atom stereocenters. The van der Waals surface area contributed by atoms with Crippen molar-refractivity contribution in [1.82, 2.24) is 19.7 Å². The van der Waals surface area contributed by atoms with Crippen LogP contribution >= 0.6 is 0 Å². The second kappa shape index (κ2) is 7.17. The van der Waals surface area contributed by atoms with Crippen LogP contribution in [-0.4, -0.2) is 25.7 Å². The molecule has 8 nitrogen and oxygen atoms in total. The van der Waals surface area contributed by atoms with Gasteiger partial charge in [-0.3, -0.25) is 9.59 Å². The van der Waals surface area contributed by atoms with E-state index < -0.39 is 5.91 Å². The third kappa shape index (κ3) is 3.43. The number of nitrogens with two attached hydrogens (primary N) is 1. The number of aromatic nitrogens is 4. The van der Waals surface area contributed by atoms with Gasteiger partial charge in [-0.15, -0.1) is 0 Å². The van der Waals surface area contributed by atoms with E-state index >= 15 is 0 Å². The number of amides is 1. The Morgan fingerprint density at radius 2 is 1.81 bits per heavy atom. The van der Waals surface area contributed by atoms with E-state index in [4.69, 9.17) is 5.73 Å². The van der Waals surface area contributed by atoms with Gasteiger partial charge in [0.2, 0.25) is 0 Å². The van der Waals surface area contributed by atoms with Crippen molar-refractivity contribution < 1.29 is 4.79 Å². The highest BCUT2D eigenvalue weighted by Crippen LogP contribution is 2.28. The van der Waals surface area contributed by atoms with Crippen molar-refractivity contribution >= 4 is 5.91 Å². The topological polar surface area (TPSA) is 128 Å². The van der Waals surface area contributed by atoms with Crippen LogP contribution in [0.3, 0.4) is 0 Å². The molecule has 2 N–H and O–H groups in total. The first-order chi connectivity index (χ1) is 12.9. The van der Waals surface area contributed by atoms with Crippen molar-refractivity contribution in [2.75, 3.05) is 0 Å². The Morgan fingerprint density at radius 1 is 1.11 bits per heavy atom.